The van der Waals surface area contributed by atoms with Crippen LogP contribution in [0.5, 0.6) is 5.75 Å². The molecule has 1 heterocycles. The summed E-state index contributed by atoms with van der Waals surface area (Å²) < 4.78 is 6.95. The van der Waals surface area contributed by atoms with E-state index in [1.165, 1.54) is 17.3 Å². The summed E-state index contributed by atoms with van der Waals surface area (Å²) in [6, 6.07) is 11.7. The van der Waals surface area contributed by atoms with Gasteiger partial charge in [-0.15, -0.1) is 0 Å². The molecule has 0 aromatic heterocycles. The number of methoxy groups -OCH3 is 1. The molecule has 0 radical (unpaired) electrons. The Morgan fingerprint density at radius 2 is 1.77 bits per heavy atom. The summed E-state index contributed by atoms with van der Waals surface area (Å²) in [6.07, 6.45) is 1.86. The van der Waals surface area contributed by atoms with Crippen LogP contribution < -0.4 is 4.74 Å². The van der Waals surface area contributed by atoms with Crippen molar-refractivity contribution in [3.05, 3.63) is 61.4 Å². The van der Waals surface area contributed by atoms with Crippen LogP contribution in [0.4, 0.5) is 5.69 Å². The van der Waals surface area contributed by atoms with Crippen LogP contribution in [0.25, 0.3) is 6.08 Å². The molecule has 26 heavy (non-hydrogen) atoms. The third-order valence-corrected chi connectivity index (χ3v) is 6.02. The quantitative estimate of drug-likeness (QED) is 0.508. The number of aliphatic imine (C=N–C) groups is 1. The molecule has 0 saturated carbocycles. The average Bonchev–Trinajstić information content (AvgIpc) is 2.85. The van der Waals surface area contributed by atoms with Crippen LogP contribution in [0, 0.1) is 6.92 Å². The van der Waals surface area contributed by atoms with Gasteiger partial charge in [-0.25, -0.2) is 4.99 Å². The van der Waals surface area contributed by atoms with Gasteiger partial charge in [-0.2, -0.15) is 0 Å². The van der Waals surface area contributed by atoms with Gasteiger partial charge in [0.05, 0.1) is 26.6 Å². The molecule has 3 rings (SSSR count). The van der Waals surface area contributed by atoms with Crippen molar-refractivity contribution in [2.45, 2.75) is 6.92 Å². The Morgan fingerprint density at radius 3 is 2.35 bits per heavy atom. The summed E-state index contributed by atoms with van der Waals surface area (Å²) in [7, 11) is 3.35. The zero-order chi connectivity index (χ0) is 18.8. The molecule has 2 aromatic rings. The van der Waals surface area contributed by atoms with Gasteiger partial charge in [0, 0.05) is 7.05 Å². The summed E-state index contributed by atoms with van der Waals surface area (Å²) in [5, 5.41) is 0.664. The highest BCUT2D eigenvalue weighted by atomic mass is 79.9. The lowest BCUT2D eigenvalue weighted by Crippen LogP contribution is -2.23. The number of nitrogens with zero attached hydrogens (tertiary/aromatic N) is 2. The van der Waals surface area contributed by atoms with E-state index in [4.69, 9.17) is 4.74 Å². The summed E-state index contributed by atoms with van der Waals surface area (Å²) in [6.45, 7) is 2.03. The number of amides is 1. The minimum atomic E-state index is -0.0658. The number of carbonyl (C=O) groups is 1. The second-order valence-corrected chi connectivity index (χ2v) is 8.44. The first-order valence-corrected chi connectivity index (χ1v) is 10.2. The van der Waals surface area contributed by atoms with Gasteiger partial charge in [0.1, 0.15) is 5.75 Å². The molecule has 1 amide bonds. The van der Waals surface area contributed by atoms with E-state index < -0.39 is 0 Å². The van der Waals surface area contributed by atoms with Gasteiger partial charge in [0.25, 0.3) is 5.91 Å². The number of rotatable bonds is 3. The smallest absolute Gasteiger partial charge is 0.266 e. The van der Waals surface area contributed by atoms with Crippen molar-refractivity contribution in [3.8, 4) is 5.75 Å². The summed E-state index contributed by atoms with van der Waals surface area (Å²) in [5.41, 5.74) is 2.90. The Morgan fingerprint density at radius 1 is 1.15 bits per heavy atom. The molecular formula is C19H16Br2N2O2S. The fraction of sp³-hybridized carbons (Fsp3) is 0.158. The molecule has 0 bridgehead atoms. The van der Waals surface area contributed by atoms with Crippen molar-refractivity contribution in [1.29, 1.82) is 0 Å². The summed E-state index contributed by atoms with van der Waals surface area (Å²) >= 11 is 8.34. The normalized spacial score (nSPS) is 17.4. The number of aryl methyl sites for hydroxylation is 1. The monoisotopic (exact) mass is 494 g/mol. The van der Waals surface area contributed by atoms with Gasteiger partial charge in [0.2, 0.25) is 0 Å². The van der Waals surface area contributed by atoms with Gasteiger partial charge in [-0.1, -0.05) is 17.7 Å². The van der Waals surface area contributed by atoms with Crippen LogP contribution in [-0.4, -0.2) is 30.1 Å². The predicted molar refractivity (Wildman–Crippen MR) is 115 cm³/mol. The van der Waals surface area contributed by atoms with Crippen LogP contribution in [0.2, 0.25) is 0 Å². The van der Waals surface area contributed by atoms with Crippen molar-refractivity contribution in [2.75, 3.05) is 14.2 Å². The van der Waals surface area contributed by atoms with Crippen molar-refractivity contribution in [1.82, 2.24) is 4.90 Å². The lowest BCUT2D eigenvalue weighted by molar-refractivity contribution is -0.121. The predicted octanol–water partition coefficient (Wildman–Crippen LogP) is 5.76. The number of amidine groups is 1. The largest absolute Gasteiger partial charge is 0.494 e. The molecule has 1 saturated heterocycles. The number of carbonyl (C=O) groups excluding carboxylic acids is 1. The maximum Gasteiger partial charge on any atom is 0.266 e. The molecule has 134 valence electrons. The fourth-order valence-electron chi connectivity index (χ4n) is 2.39. The van der Waals surface area contributed by atoms with Gasteiger partial charge in [-0.3, -0.25) is 9.69 Å². The maximum absolute atomic E-state index is 12.6. The highest BCUT2D eigenvalue weighted by Gasteiger charge is 2.30. The number of halogens is 2. The Hall–Kier alpha value is -1.57. The molecule has 0 unspecified atom stereocenters. The molecular weight excluding hydrogens is 480 g/mol. The van der Waals surface area contributed by atoms with E-state index in [0.29, 0.717) is 10.1 Å². The van der Waals surface area contributed by atoms with Crippen LogP contribution in [0.1, 0.15) is 11.1 Å². The summed E-state index contributed by atoms with van der Waals surface area (Å²) in [4.78, 5) is 19.4. The molecule has 0 N–H and O–H groups in total. The van der Waals surface area contributed by atoms with Crippen molar-refractivity contribution < 1.29 is 9.53 Å². The van der Waals surface area contributed by atoms with Crippen molar-refractivity contribution in [2.24, 2.45) is 4.99 Å². The third kappa shape index (κ3) is 4.05. The maximum atomic E-state index is 12.6. The molecule has 2 aromatic carbocycles. The Kier molecular flexibility index (Phi) is 5.89. The van der Waals surface area contributed by atoms with Gasteiger partial charge >= 0.3 is 0 Å². The molecule has 4 nitrogen and oxygen atoms in total. The Labute approximate surface area is 173 Å². The number of likely N-dealkylation sites (N-methyl/N-ethyl adjacent to an activating group) is 1. The zero-order valence-electron chi connectivity index (χ0n) is 14.4. The molecule has 1 fully saturated rings. The Balaban J connectivity index is 1.91. The van der Waals surface area contributed by atoms with E-state index in [-0.39, 0.29) is 5.91 Å². The lowest BCUT2D eigenvalue weighted by atomic mass is 10.2. The molecule has 0 atom stereocenters. The molecule has 7 heteroatoms. The molecule has 1 aliphatic heterocycles. The van der Waals surface area contributed by atoms with Gasteiger partial charge in [0.15, 0.2) is 5.17 Å². The number of benzene rings is 2. The lowest BCUT2D eigenvalue weighted by Gasteiger charge is -2.08. The number of hydrogen-bond acceptors (Lipinski definition) is 4. The van der Waals surface area contributed by atoms with Crippen LogP contribution in [0.3, 0.4) is 0 Å². The SMILES string of the molecule is COc1c(Br)cc(/C=C2/SC(=Nc3ccc(C)cc3)N(C)C2=O)cc1Br. The summed E-state index contributed by atoms with van der Waals surface area (Å²) in [5.74, 6) is 0.653. The highest BCUT2D eigenvalue weighted by Crippen LogP contribution is 2.37. The van der Waals surface area contributed by atoms with E-state index in [9.17, 15) is 4.79 Å². The molecule has 0 spiro atoms. The standard InChI is InChI=1S/C19H16Br2N2O2S/c1-11-4-6-13(7-5-11)22-19-23(2)18(24)16(26-19)10-12-8-14(20)17(25-3)15(21)9-12/h4-10H,1-3H3/b16-10+,22-19?. The van der Waals surface area contributed by atoms with E-state index in [1.807, 2.05) is 49.4 Å². The van der Waals surface area contributed by atoms with Crippen LogP contribution in [-0.2, 0) is 4.79 Å². The topological polar surface area (TPSA) is 41.9 Å². The number of ether oxygens (including phenoxy) is 1. The third-order valence-electron chi connectivity index (χ3n) is 3.78. The van der Waals surface area contributed by atoms with Crippen LogP contribution in [0.15, 0.2) is 55.2 Å². The van der Waals surface area contributed by atoms with E-state index in [0.717, 1.165) is 25.9 Å². The van der Waals surface area contributed by atoms with Crippen molar-refractivity contribution in [3.63, 3.8) is 0 Å². The first-order valence-electron chi connectivity index (χ1n) is 7.75. The second kappa shape index (κ2) is 7.98. The van der Waals surface area contributed by atoms with Gasteiger partial charge in [-0.05, 0) is 86.5 Å². The van der Waals surface area contributed by atoms with E-state index in [1.54, 1.807) is 19.1 Å². The fourth-order valence-corrected chi connectivity index (χ4v) is 4.92. The van der Waals surface area contributed by atoms with E-state index in [2.05, 4.69) is 36.9 Å². The zero-order valence-corrected chi connectivity index (χ0v) is 18.4. The Bertz CT molecular complexity index is 901. The first kappa shape index (κ1) is 19.2. The molecule has 1 aliphatic rings. The highest BCUT2D eigenvalue weighted by molar-refractivity contribution is 9.11. The minimum absolute atomic E-state index is 0.0658. The van der Waals surface area contributed by atoms with Gasteiger partial charge < -0.3 is 4.74 Å². The van der Waals surface area contributed by atoms with Crippen LogP contribution >= 0.6 is 43.6 Å². The second-order valence-electron chi connectivity index (χ2n) is 5.72. The van der Waals surface area contributed by atoms with Crippen molar-refractivity contribution >= 4 is 66.5 Å². The number of hydrogen-bond donors (Lipinski definition) is 0. The minimum Gasteiger partial charge on any atom is -0.494 e. The first-order chi connectivity index (χ1) is 12.4. The average molecular weight is 496 g/mol. The number of thioether (sulfide) groups is 1. The molecule has 0 aliphatic carbocycles. The van der Waals surface area contributed by atoms with E-state index >= 15 is 0 Å².